The van der Waals surface area contributed by atoms with Crippen LogP contribution in [-0.4, -0.2) is 39.7 Å². The zero-order valence-corrected chi connectivity index (χ0v) is 20.3. The van der Waals surface area contributed by atoms with Crippen molar-refractivity contribution in [2.24, 2.45) is 4.99 Å². The predicted molar refractivity (Wildman–Crippen MR) is 138 cm³/mol. The number of carbonyl (C=O) groups excluding carboxylic acids is 3. The van der Waals surface area contributed by atoms with Crippen molar-refractivity contribution in [2.75, 3.05) is 11.9 Å². The lowest BCUT2D eigenvalue weighted by Gasteiger charge is -2.32. The van der Waals surface area contributed by atoms with Gasteiger partial charge in [0.1, 0.15) is 11.1 Å². The van der Waals surface area contributed by atoms with Crippen LogP contribution >= 0.6 is 11.8 Å². The standard InChI is InChI=1S/C27H24FN3O4S/c1-2-35-26(34)19-8-12-21(13-9-19)29-25(33)23-16-24(32)31(17-18-6-4-3-5-7-18)27(36-23)30-22-14-10-20(28)11-15-22/h3-15,23H,2,16-17H2,1H3,(H,29,33)/t23-/m0/s1. The fourth-order valence-corrected chi connectivity index (χ4v) is 4.61. The van der Waals surface area contributed by atoms with Crippen LogP contribution in [0.4, 0.5) is 15.8 Å². The molecule has 4 rings (SSSR count). The highest BCUT2D eigenvalue weighted by molar-refractivity contribution is 8.15. The van der Waals surface area contributed by atoms with Crippen LogP contribution in [0.2, 0.25) is 0 Å². The number of amidine groups is 1. The van der Waals surface area contributed by atoms with Gasteiger partial charge in [0, 0.05) is 12.1 Å². The molecule has 0 saturated carbocycles. The van der Waals surface area contributed by atoms with E-state index in [1.165, 1.54) is 36.0 Å². The zero-order valence-electron chi connectivity index (χ0n) is 19.5. The molecule has 184 valence electrons. The highest BCUT2D eigenvalue weighted by atomic mass is 32.2. The van der Waals surface area contributed by atoms with Crippen molar-refractivity contribution < 1.29 is 23.5 Å². The number of esters is 1. The Morgan fingerprint density at radius 1 is 1.06 bits per heavy atom. The minimum atomic E-state index is -0.714. The molecule has 0 spiro atoms. The van der Waals surface area contributed by atoms with Gasteiger partial charge in [-0.05, 0) is 61.0 Å². The van der Waals surface area contributed by atoms with Crippen LogP contribution in [0.15, 0.2) is 83.9 Å². The average molecular weight is 506 g/mol. The molecule has 3 aromatic carbocycles. The van der Waals surface area contributed by atoms with Gasteiger partial charge in [-0.3, -0.25) is 14.5 Å². The lowest BCUT2D eigenvalue weighted by Crippen LogP contribution is -2.44. The third kappa shape index (κ3) is 6.37. The summed E-state index contributed by atoms with van der Waals surface area (Å²) in [4.78, 5) is 44.1. The molecule has 1 aliphatic heterocycles. The summed E-state index contributed by atoms with van der Waals surface area (Å²) in [5, 5.41) is 2.45. The molecule has 1 fully saturated rings. The maximum absolute atomic E-state index is 13.4. The number of rotatable bonds is 7. The van der Waals surface area contributed by atoms with Crippen LogP contribution in [0, 0.1) is 5.82 Å². The lowest BCUT2D eigenvalue weighted by molar-refractivity contribution is -0.129. The van der Waals surface area contributed by atoms with Crippen molar-refractivity contribution in [1.29, 1.82) is 0 Å². The number of amides is 2. The number of nitrogens with zero attached hydrogens (tertiary/aromatic N) is 2. The molecule has 2 amide bonds. The van der Waals surface area contributed by atoms with E-state index in [2.05, 4.69) is 10.3 Å². The van der Waals surface area contributed by atoms with E-state index in [9.17, 15) is 18.8 Å². The second kappa shape index (κ2) is 11.6. The Kier molecular flexibility index (Phi) is 8.12. The zero-order chi connectivity index (χ0) is 25.5. The highest BCUT2D eigenvalue weighted by Crippen LogP contribution is 2.31. The third-order valence-electron chi connectivity index (χ3n) is 5.33. The average Bonchev–Trinajstić information content (AvgIpc) is 2.88. The molecule has 36 heavy (non-hydrogen) atoms. The van der Waals surface area contributed by atoms with Gasteiger partial charge in [-0.1, -0.05) is 42.1 Å². The molecule has 0 unspecified atom stereocenters. The van der Waals surface area contributed by atoms with Crippen LogP contribution in [0.3, 0.4) is 0 Å². The minimum Gasteiger partial charge on any atom is -0.462 e. The van der Waals surface area contributed by atoms with E-state index in [-0.39, 0.29) is 24.8 Å². The first-order valence-corrected chi connectivity index (χ1v) is 12.2. The summed E-state index contributed by atoms with van der Waals surface area (Å²) in [6.07, 6.45) is -0.00726. The fraction of sp³-hybridized carbons (Fsp3) is 0.185. The molecule has 1 atom stereocenters. The van der Waals surface area contributed by atoms with Gasteiger partial charge in [-0.2, -0.15) is 0 Å². The number of hydrogen-bond acceptors (Lipinski definition) is 6. The second-order valence-corrected chi connectivity index (χ2v) is 9.10. The van der Waals surface area contributed by atoms with Crippen LogP contribution in [0.5, 0.6) is 0 Å². The van der Waals surface area contributed by atoms with Crippen LogP contribution in [0.25, 0.3) is 0 Å². The van der Waals surface area contributed by atoms with E-state index in [1.54, 1.807) is 36.1 Å². The smallest absolute Gasteiger partial charge is 0.338 e. The third-order valence-corrected chi connectivity index (χ3v) is 6.52. The number of anilines is 1. The Bertz CT molecular complexity index is 1260. The first-order valence-electron chi connectivity index (χ1n) is 11.4. The number of hydrogen-bond donors (Lipinski definition) is 1. The van der Waals surface area contributed by atoms with Crippen molar-refractivity contribution in [3.05, 3.63) is 95.8 Å². The number of nitrogens with one attached hydrogen (secondary N) is 1. The second-order valence-electron chi connectivity index (χ2n) is 7.93. The summed E-state index contributed by atoms with van der Waals surface area (Å²) in [5.41, 5.74) is 2.26. The molecule has 3 aromatic rings. The van der Waals surface area contributed by atoms with E-state index in [1.807, 2.05) is 30.3 Å². The number of ether oxygens (including phenoxy) is 1. The Labute approximate surface area is 212 Å². The van der Waals surface area contributed by atoms with Gasteiger partial charge >= 0.3 is 5.97 Å². The van der Waals surface area contributed by atoms with Crippen LogP contribution < -0.4 is 5.32 Å². The summed E-state index contributed by atoms with van der Waals surface area (Å²) in [6.45, 7) is 2.30. The molecule has 9 heteroatoms. The van der Waals surface area contributed by atoms with Crippen molar-refractivity contribution in [1.82, 2.24) is 4.90 Å². The normalized spacial score (nSPS) is 16.6. The van der Waals surface area contributed by atoms with Gasteiger partial charge in [-0.25, -0.2) is 14.2 Å². The van der Waals surface area contributed by atoms with Gasteiger partial charge in [0.15, 0.2) is 5.17 Å². The SMILES string of the molecule is CCOC(=O)c1ccc(NC(=O)[C@@H]2CC(=O)N(Cc3ccccc3)C(=Nc3ccc(F)cc3)S2)cc1. The topological polar surface area (TPSA) is 88.1 Å². The van der Waals surface area contributed by atoms with E-state index in [0.29, 0.717) is 28.7 Å². The number of benzene rings is 3. The molecule has 1 aliphatic rings. The summed E-state index contributed by atoms with van der Waals surface area (Å²) < 4.78 is 18.3. The van der Waals surface area contributed by atoms with Crippen molar-refractivity contribution >= 4 is 46.1 Å². The van der Waals surface area contributed by atoms with E-state index in [0.717, 1.165) is 5.56 Å². The van der Waals surface area contributed by atoms with Gasteiger partial charge < -0.3 is 10.1 Å². The Morgan fingerprint density at radius 3 is 2.42 bits per heavy atom. The molecule has 1 heterocycles. The fourth-order valence-electron chi connectivity index (χ4n) is 3.52. The summed E-state index contributed by atoms with van der Waals surface area (Å²) in [6, 6.07) is 21.4. The molecular weight excluding hydrogens is 481 g/mol. The van der Waals surface area contributed by atoms with Crippen LogP contribution in [0.1, 0.15) is 29.3 Å². The van der Waals surface area contributed by atoms with Gasteiger partial charge in [0.05, 0.1) is 24.4 Å². The van der Waals surface area contributed by atoms with Gasteiger partial charge in [-0.15, -0.1) is 0 Å². The largest absolute Gasteiger partial charge is 0.462 e. The number of thioether (sulfide) groups is 1. The Hall–Kier alpha value is -3.98. The quantitative estimate of drug-likeness (QED) is 0.448. The summed E-state index contributed by atoms with van der Waals surface area (Å²) >= 11 is 1.18. The molecule has 0 aliphatic carbocycles. The molecule has 1 saturated heterocycles. The minimum absolute atomic E-state index is 0.00726. The molecule has 7 nitrogen and oxygen atoms in total. The monoisotopic (exact) mass is 505 g/mol. The lowest BCUT2D eigenvalue weighted by atomic mass is 10.2. The first-order chi connectivity index (χ1) is 17.4. The Balaban J connectivity index is 1.53. The molecule has 0 aromatic heterocycles. The molecule has 0 bridgehead atoms. The van der Waals surface area contributed by atoms with E-state index in [4.69, 9.17) is 4.74 Å². The summed E-state index contributed by atoms with van der Waals surface area (Å²) in [7, 11) is 0. The number of aliphatic imine (C=N–C) groups is 1. The predicted octanol–water partition coefficient (Wildman–Crippen LogP) is 5.16. The summed E-state index contributed by atoms with van der Waals surface area (Å²) in [5.74, 6) is -1.43. The number of carbonyl (C=O) groups is 3. The van der Waals surface area contributed by atoms with Crippen molar-refractivity contribution in [2.45, 2.75) is 25.1 Å². The van der Waals surface area contributed by atoms with E-state index >= 15 is 0 Å². The van der Waals surface area contributed by atoms with Crippen molar-refractivity contribution in [3.8, 4) is 0 Å². The molecule has 0 radical (unpaired) electrons. The molecule has 1 N–H and O–H groups in total. The van der Waals surface area contributed by atoms with Crippen molar-refractivity contribution in [3.63, 3.8) is 0 Å². The Morgan fingerprint density at radius 2 is 1.75 bits per heavy atom. The maximum atomic E-state index is 13.4. The van der Waals surface area contributed by atoms with Gasteiger partial charge in [0.25, 0.3) is 0 Å². The van der Waals surface area contributed by atoms with Gasteiger partial charge in [0.2, 0.25) is 11.8 Å². The highest BCUT2D eigenvalue weighted by Gasteiger charge is 2.36. The van der Waals surface area contributed by atoms with E-state index < -0.39 is 17.0 Å². The molecular formula is C27H24FN3O4S. The first kappa shape index (κ1) is 25.1. The number of halogens is 1. The van der Waals surface area contributed by atoms with Crippen LogP contribution in [-0.2, 0) is 20.9 Å². The maximum Gasteiger partial charge on any atom is 0.338 e.